The third-order valence-corrected chi connectivity index (χ3v) is 15.4. The van der Waals surface area contributed by atoms with Crippen LogP contribution in [0.3, 0.4) is 0 Å². The van der Waals surface area contributed by atoms with E-state index in [4.69, 9.17) is 15.2 Å². The normalized spacial score (nSPS) is 42.3. The van der Waals surface area contributed by atoms with Gasteiger partial charge in [0.2, 0.25) is 0 Å². The third-order valence-electron chi connectivity index (χ3n) is 15.4. The summed E-state index contributed by atoms with van der Waals surface area (Å²) in [5, 5.41) is 0. The molecule has 0 aromatic heterocycles. The summed E-state index contributed by atoms with van der Waals surface area (Å²) in [6, 6.07) is 3.51. The van der Waals surface area contributed by atoms with Crippen LogP contribution < -0.4 is 5.73 Å². The van der Waals surface area contributed by atoms with Crippen LogP contribution in [0.25, 0.3) is 5.57 Å². The Labute approximate surface area is 270 Å². The first-order valence-electron chi connectivity index (χ1n) is 17.5. The molecule has 5 nitrogen and oxygen atoms in total. The molecule has 0 spiro atoms. The number of halogens is 1. The Hall–Kier alpha value is -2.21. The van der Waals surface area contributed by atoms with Gasteiger partial charge in [0.15, 0.2) is 0 Å². The van der Waals surface area contributed by atoms with Crippen molar-refractivity contribution >= 4 is 17.5 Å². The van der Waals surface area contributed by atoms with Crippen molar-refractivity contribution in [1.82, 2.24) is 0 Å². The molecule has 1 unspecified atom stereocenters. The molecule has 10 atom stereocenters. The van der Waals surface area contributed by atoms with E-state index in [-0.39, 0.29) is 50.6 Å². The molecule has 4 fully saturated rings. The zero-order valence-corrected chi connectivity index (χ0v) is 29.1. The highest BCUT2D eigenvalue weighted by atomic mass is 19.1. The largest absolute Gasteiger partial charge is 0.469 e. The molecule has 1 aromatic rings. The lowest BCUT2D eigenvalue weighted by Crippen LogP contribution is -2.67. The first-order chi connectivity index (χ1) is 21.0. The van der Waals surface area contributed by atoms with Gasteiger partial charge in [0, 0.05) is 5.54 Å². The summed E-state index contributed by atoms with van der Waals surface area (Å²) in [5.41, 5.74) is 10.1. The smallest absolute Gasteiger partial charge is 0.340 e. The minimum atomic E-state index is -0.638. The maximum atomic E-state index is 15.5. The van der Waals surface area contributed by atoms with Crippen molar-refractivity contribution in [1.29, 1.82) is 0 Å². The fraction of sp³-hybridized carbons (Fsp3) is 0.744. The van der Waals surface area contributed by atoms with E-state index in [1.807, 2.05) is 6.07 Å². The number of hydrogen-bond acceptors (Lipinski definition) is 5. The van der Waals surface area contributed by atoms with Crippen molar-refractivity contribution in [2.75, 3.05) is 14.2 Å². The molecule has 5 aliphatic rings. The number of hydrogen-bond donors (Lipinski definition) is 1. The SMILES string of the molecule is COC(=O)c1ccc(C2=CC[C@]3(C)[C@H]4CC[C@@H]5[C@H]6[C@H](C(C)C(=O)OC)CC[C@]6(N)CC[C@@]5(C)[C@]4(C)CC[C@H]3C2(C)C)c(C)c1F. The van der Waals surface area contributed by atoms with E-state index in [1.165, 1.54) is 39.1 Å². The van der Waals surface area contributed by atoms with Gasteiger partial charge in [-0.05, 0) is 139 Å². The first-order valence-corrected chi connectivity index (χ1v) is 17.5. The standard InChI is InChI=1S/C39H56FNO4/c1-22-24(10-11-26(32(22)40)34(43)45-9)27-15-17-36(5)29(35(27,3)4)16-18-38(7)30(36)13-12-28-31-25(23(2)33(42)44-8)14-19-39(31,41)21-20-37(28,38)6/h10-11,15,23,25,28-31H,12-14,16-21,41H2,1-9H3/t23?,25-,28+,29-,30+,31+,36-,37+,38+,39-/m0/s1. The van der Waals surface area contributed by atoms with Gasteiger partial charge in [0.1, 0.15) is 5.82 Å². The van der Waals surface area contributed by atoms with E-state index in [1.54, 1.807) is 13.0 Å². The number of methoxy groups -OCH3 is 2. The van der Waals surface area contributed by atoms with Crippen LogP contribution in [0.5, 0.6) is 0 Å². The molecular formula is C39H56FNO4. The molecule has 0 radical (unpaired) electrons. The highest BCUT2D eigenvalue weighted by Gasteiger charge is 2.70. The van der Waals surface area contributed by atoms with Gasteiger partial charge in [-0.25, -0.2) is 9.18 Å². The monoisotopic (exact) mass is 621 g/mol. The number of esters is 2. The fourth-order valence-electron chi connectivity index (χ4n) is 12.9. The van der Waals surface area contributed by atoms with E-state index in [2.05, 4.69) is 47.6 Å². The molecule has 6 heteroatoms. The summed E-state index contributed by atoms with van der Waals surface area (Å²) in [4.78, 5) is 25.0. The fourth-order valence-corrected chi connectivity index (χ4v) is 12.9. The van der Waals surface area contributed by atoms with Crippen LogP contribution in [0.4, 0.5) is 4.39 Å². The van der Waals surface area contributed by atoms with E-state index in [9.17, 15) is 9.59 Å². The lowest BCUT2D eigenvalue weighted by Gasteiger charge is -2.72. The average molecular weight is 622 g/mol. The maximum absolute atomic E-state index is 15.5. The first kappa shape index (κ1) is 32.7. The predicted octanol–water partition coefficient (Wildman–Crippen LogP) is 8.52. The van der Waals surface area contributed by atoms with Crippen LogP contribution in [-0.2, 0) is 14.3 Å². The number of rotatable bonds is 4. The zero-order chi connectivity index (χ0) is 32.9. The van der Waals surface area contributed by atoms with Gasteiger partial charge in [0.25, 0.3) is 0 Å². The Bertz CT molecular complexity index is 1430. The van der Waals surface area contributed by atoms with Crippen molar-refractivity contribution in [3.63, 3.8) is 0 Å². The minimum Gasteiger partial charge on any atom is -0.469 e. The van der Waals surface area contributed by atoms with Crippen molar-refractivity contribution in [3.8, 4) is 0 Å². The van der Waals surface area contributed by atoms with Crippen molar-refractivity contribution < 1.29 is 23.5 Å². The topological polar surface area (TPSA) is 78.6 Å². The van der Waals surface area contributed by atoms with Crippen LogP contribution in [0.2, 0.25) is 0 Å². The molecule has 1 aromatic carbocycles. The summed E-state index contributed by atoms with van der Waals surface area (Å²) in [6.45, 7) is 16.3. The van der Waals surface area contributed by atoms with E-state index in [0.29, 0.717) is 29.2 Å². The average Bonchev–Trinajstić information content (AvgIpc) is 3.35. The second-order valence-electron chi connectivity index (χ2n) is 17.1. The summed E-state index contributed by atoms with van der Waals surface area (Å²) in [5.74, 6) is 0.856. The van der Waals surface area contributed by atoms with E-state index < -0.39 is 11.8 Å². The lowest BCUT2D eigenvalue weighted by molar-refractivity contribution is -0.219. The Balaban J connectivity index is 1.36. The van der Waals surface area contributed by atoms with Crippen molar-refractivity contribution in [3.05, 3.63) is 40.7 Å². The molecule has 0 bridgehead atoms. The second-order valence-corrected chi connectivity index (χ2v) is 17.1. The third kappa shape index (κ3) is 4.32. The van der Waals surface area contributed by atoms with Gasteiger partial charge in [-0.15, -0.1) is 0 Å². The van der Waals surface area contributed by atoms with Gasteiger partial charge < -0.3 is 15.2 Å². The Morgan fingerprint density at radius 3 is 2.29 bits per heavy atom. The van der Waals surface area contributed by atoms with Gasteiger partial charge in [-0.2, -0.15) is 0 Å². The Morgan fingerprint density at radius 2 is 1.62 bits per heavy atom. The quantitative estimate of drug-likeness (QED) is 0.341. The Morgan fingerprint density at radius 1 is 0.911 bits per heavy atom. The number of allylic oxidation sites excluding steroid dienone is 2. The van der Waals surface area contributed by atoms with Crippen molar-refractivity contribution in [2.45, 2.75) is 112 Å². The zero-order valence-electron chi connectivity index (χ0n) is 29.1. The molecule has 45 heavy (non-hydrogen) atoms. The maximum Gasteiger partial charge on any atom is 0.340 e. The number of ether oxygens (including phenoxy) is 2. The van der Waals surface area contributed by atoms with Crippen LogP contribution in [0, 0.1) is 69.9 Å². The van der Waals surface area contributed by atoms with Gasteiger partial charge in [0.05, 0.1) is 25.7 Å². The van der Waals surface area contributed by atoms with Crippen LogP contribution in [0.15, 0.2) is 18.2 Å². The molecule has 2 N–H and O–H groups in total. The van der Waals surface area contributed by atoms with Gasteiger partial charge in [-0.1, -0.05) is 53.7 Å². The number of carbonyl (C=O) groups excluding carboxylic acids is 2. The molecule has 6 rings (SSSR count). The number of benzene rings is 1. The molecule has 0 aliphatic heterocycles. The molecule has 0 heterocycles. The van der Waals surface area contributed by atoms with Gasteiger partial charge >= 0.3 is 11.9 Å². The van der Waals surface area contributed by atoms with Crippen LogP contribution in [0.1, 0.15) is 121 Å². The minimum absolute atomic E-state index is 0.00398. The van der Waals surface area contributed by atoms with E-state index >= 15 is 4.39 Å². The summed E-state index contributed by atoms with van der Waals surface area (Å²) in [6.07, 6.45) is 12.3. The highest BCUT2D eigenvalue weighted by molar-refractivity contribution is 5.91. The molecule has 0 amide bonds. The predicted molar refractivity (Wildman–Crippen MR) is 176 cm³/mol. The van der Waals surface area contributed by atoms with Crippen LogP contribution >= 0.6 is 0 Å². The molecular weight excluding hydrogens is 565 g/mol. The van der Waals surface area contributed by atoms with E-state index in [0.717, 1.165) is 44.1 Å². The summed E-state index contributed by atoms with van der Waals surface area (Å²) < 4.78 is 25.6. The second kappa shape index (κ2) is 10.7. The summed E-state index contributed by atoms with van der Waals surface area (Å²) in [7, 11) is 2.80. The number of nitrogens with two attached hydrogens (primary N) is 1. The molecule has 248 valence electrons. The highest BCUT2D eigenvalue weighted by Crippen LogP contribution is 2.76. The number of carbonyl (C=O) groups is 2. The number of fused-ring (bicyclic) bond motifs is 7. The van der Waals surface area contributed by atoms with Crippen LogP contribution in [-0.4, -0.2) is 31.7 Å². The van der Waals surface area contributed by atoms with Crippen molar-refractivity contribution in [2.24, 2.45) is 62.9 Å². The lowest BCUT2D eigenvalue weighted by atomic mass is 9.33. The molecule has 5 aliphatic carbocycles. The Kier molecular flexibility index (Phi) is 7.75. The summed E-state index contributed by atoms with van der Waals surface area (Å²) >= 11 is 0. The molecule has 0 saturated heterocycles. The van der Waals surface area contributed by atoms with Gasteiger partial charge in [-0.3, -0.25) is 4.79 Å². The molecule has 4 saturated carbocycles.